The number of nitrogens with one attached hydrogen (secondary N) is 1. The number of pyridine rings is 1. The highest BCUT2D eigenvalue weighted by molar-refractivity contribution is 5.98. The van der Waals surface area contributed by atoms with Crippen molar-refractivity contribution in [3.63, 3.8) is 0 Å². The Kier molecular flexibility index (Phi) is 7.24. The summed E-state index contributed by atoms with van der Waals surface area (Å²) in [5.41, 5.74) is 1.76. The fourth-order valence-corrected chi connectivity index (χ4v) is 4.14. The topological polar surface area (TPSA) is 162 Å². The molecule has 1 N–H and O–H groups in total. The van der Waals surface area contributed by atoms with Gasteiger partial charge in [0.1, 0.15) is 17.9 Å². The van der Waals surface area contributed by atoms with Crippen molar-refractivity contribution >= 4 is 33.7 Å². The average Bonchev–Trinajstić information content (AvgIpc) is 3.46. The number of nitro benzene ring substituents is 1. The lowest BCUT2D eigenvalue weighted by Gasteiger charge is -2.15. The van der Waals surface area contributed by atoms with Crippen LogP contribution in [0.3, 0.4) is 0 Å². The minimum absolute atomic E-state index is 0.0322. The number of ether oxygens (including phenoxy) is 3. The molecule has 4 aromatic rings. The second-order valence-corrected chi connectivity index (χ2v) is 8.72. The van der Waals surface area contributed by atoms with E-state index in [2.05, 4.69) is 20.3 Å². The minimum atomic E-state index is -0.542. The van der Waals surface area contributed by atoms with Gasteiger partial charge in [0.25, 0.3) is 0 Å². The van der Waals surface area contributed by atoms with Crippen LogP contribution in [0, 0.1) is 21.4 Å². The molecule has 0 radical (unpaired) electrons. The number of nitro groups is 1. The summed E-state index contributed by atoms with van der Waals surface area (Å²) in [4.78, 5) is 36.6. The quantitative estimate of drug-likeness (QED) is 0.189. The van der Waals surface area contributed by atoms with E-state index in [1.165, 1.54) is 30.7 Å². The molecule has 0 spiro atoms. The molecule has 0 bridgehead atoms. The van der Waals surface area contributed by atoms with Gasteiger partial charge in [-0.25, -0.2) is 9.97 Å². The van der Waals surface area contributed by atoms with E-state index in [-0.39, 0.29) is 41.1 Å². The third kappa shape index (κ3) is 5.58. The molecule has 39 heavy (non-hydrogen) atoms. The lowest BCUT2D eigenvalue weighted by atomic mass is 10.1. The van der Waals surface area contributed by atoms with Crippen LogP contribution in [0.2, 0.25) is 0 Å². The Labute approximate surface area is 222 Å². The Bertz CT molecular complexity index is 1580. The van der Waals surface area contributed by atoms with Gasteiger partial charge in [0.15, 0.2) is 11.6 Å². The SMILES string of the molecule is COc1ccc(CC(=O)c2ncc(Nc3c(C#N)cnc4cc(OC5CCOC5)c([N+](=O)[O-])cc34)cn2)cc1. The van der Waals surface area contributed by atoms with Crippen LogP contribution < -0.4 is 14.8 Å². The standard InChI is InChI=1S/C27H22N6O6/c1-37-19-4-2-16(3-5-19)8-24(34)27-30-13-18(14-31-27)32-26-17(11-28)12-29-22-10-25(39-20-6-7-38-15-20)23(33(35)36)9-21(22)26/h2-5,9-10,12-14,20H,6-8,15H2,1H3,(H,29,32). The smallest absolute Gasteiger partial charge is 0.311 e. The molecule has 1 atom stereocenters. The van der Waals surface area contributed by atoms with E-state index in [0.29, 0.717) is 47.7 Å². The number of rotatable bonds is 9. The van der Waals surface area contributed by atoms with E-state index in [1.54, 1.807) is 31.4 Å². The highest BCUT2D eigenvalue weighted by Gasteiger charge is 2.25. The van der Waals surface area contributed by atoms with Crippen molar-refractivity contribution in [2.24, 2.45) is 0 Å². The average molecular weight is 527 g/mol. The lowest BCUT2D eigenvalue weighted by Crippen LogP contribution is -2.16. The van der Waals surface area contributed by atoms with Crippen molar-refractivity contribution in [2.75, 3.05) is 25.6 Å². The number of hydrogen-bond acceptors (Lipinski definition) is 11. The zero-order valence-electron chi connectivity index (χ0n) is 20.8. The summed E-state index contributed by atoms with van der Waals surface area (Å²) in [6.45, 7) is 0.874. The van der Waals surface area contributed by atoms with Crippen molar-refractivity contribution in [1.82, 2.24) is 15.0 Å². The maximum Gasteiger partial charge on any atom is 0.311 e. The van der Waals surface area contributed by atoms with Crippen molar-refractivity contribution in [3.8, 4) is 17.6 Å². The van der Waals surface area contributed by atoms with E-state index in [1.807, 2.05) is 6.07 Å². The van der Waals surface area contributed by atoms with Gasteiger partial charge >= 0.3 is 5.69 Å². The van der Waals surface area contributed by atoms with Gasteiger partial charge in [0.2, 0.25) is 5.78 Å². The number of hydrogen-bond donors (Lipinski definition) is 1. The molecule has 2 aromatic heterocycles. The first-order chi connectivity index (χ1) is 18.9. The Hall–Kier alpha value is -5.15. The lowest BCUT2D eigenvalue weighted by molar-refractivity contribution is -0.385. The van der Waals surface area contributed by atoms with Gasteiger partial charge in [-0.3, -0.25) is 19.9 Å². The van der Waals surface area contributed by atoms with E-state index in [0.717, 1.165) is 5.56 Å². The fraction of sp³-hybridized carbons (Fsp3) is 0.222. The molecule has 3 heterocycles. The van der Waals surface area contributed by atoms with Crippen molar-refractivity contribution in [3.05, 3.63) is 82.1 Å². The summed E-state index contributed by atoms with van der Waals surface area (Å²) in [5, 5.41) is 24.9. The Morgan fingerprint density at radius 3 is 2.62 bits per heavy atom. The van der Waals surface area contributed by atoms with Crippen LogP contribution in [0.25, 0.3) is 10.9 Å². The molecule has 0 saturated carbocycles. The fourth-order valence-electron chi connectivity index (χ4n) is 4.14. The van der Waals surface area contributed by atoms with E-state index >= 15 is 0 Å². The van der Waals surface area contributed by atoms with Crippen LogP contribution in [-0.4, -0.2) is 52.1 Å². The molecule has 0 aliphatic carbocycles. The Balaban J connectivity index is 1.41. The van der Waals surface area contributed by atoms with Gasteiger partial charge < -0.3 is 19.5 Å². The van der Waals surface area contributed by atoms with Crippen molar-refractivity contribution in [2.45, 2.75) is 18.9 Å². The summed E-state index contributed by atoms with van der Waals surface area (Å²) >= 11 is 0. The zero-order chi connectivity index (χ0) is 27.4. The molecule has 5 rings (SSSR count). The molecule has 1 fully saturated rings. The normalized spacial score (nSPS) is 14.5. The summed E-state index contributed by atoms with van der Waals surface area (Å²) in [6, 6.07) is 12.0. The van der Waals surface area contributed by atoms with Gasteiger partial charge in [-0.15, -0.1) is 0 Å². The highest BCUT2D eigenvalue weighted by Crippen LogP contribution is 2.37. The number of carbonyl (C=O) groups is 1. The number of anilines is 2. The molecule has 12 heteroatoms. The van der Waals surface area contributed by atoms with E-state index < -0.39 is 4.92 Å². The van der Waals surface area contributed by atoms with Crippen LogP contribution in [0.15, 0.2) is 55.0 Å². The van der Waals surface area contributed by atoms with Gasteiger partial charge in [-0.05, 0) is 17.7 Å². The molecule has 196 valence electrons. The van der Waals surface area contributed by atoms with E-state index in [9.17, 15) is 20.2 Å². The number of Topliss-reactive ketones (excluding diaryl/α,β-unsaturated/α-hetero) is 1. The van der Waals surface area contributed by atoms with Gasteiger partial charge in [-0.2, -0.15) is 5.26 Å². The van der Waals surface area contributed by atoms with Gasteiger partial charge in [0, 0.05) is 36.6 Å². The number of benzene rings is 2. The first kappa shape index (κ1) is 25.5. The van der Waals surface area contributed by atoms with Crippen LogP contribution in [-0.2, 0) is 11.2 Å². The number of aromatic nitrogens is 3. The summed E-state index contributed by atoms with van der Waals surface area (Å²) in [7, 11) is 1.57. The number of nitriles is 1. The molecule has 1 unspecified atom stereocenters. The third-order valence-electron chi connectivity index (χ3n) is 6.14. The monoisotopic (exact) mass is 526 g/mol. The van der Waals surface area contributed by atoms with Crippen LogP contribution in [0.4, 0.5) is 17.1 Å². The maximum atomic E-state index is 12.7. The highest BCUT2D eigenvalue weighted by atomic mass is 16.6. The number of carbonyl (C=O) groups excluding carboxylic acids is 1. The van der Waals surface area contributed by atoms with Crippen LogP contribution in [0.1, 0.15) is 28.2 Å². The van der Waals surface area contributed by atoms with Crippen molar-refractivity contribution in [1.29, 1.82) is 5.26 Å². The molecule has 1 saturated heterocycles. The van der Waals surface area contributed by atoms with Crippen LogP contribution in [0.5, 0.6) is 11.5 Å². The van der Waals surface area contributed by atoms with Gasteiger partial charge in [0.05, 0.1) is 60.1 Å². The number of fused-ring (bicyclic) bond motifs is 1. The van der Waals surface area contributed by atoms with Gasteiger partial charge in [-0.1, -0.05) is 12.1 Å². The zero-order valence-corrected chi connectivity index (χ0v) is 20.8. The summed E-state index contributed by atoms with van der Waals surface area (Å²) in [5.74, 6) is 0.532. The second-order valence-electron chi connectivity index (χ2n) is 8.72. The van der Waals surface area contributed by atoms with Crippen LogP contribution >= 0.6 is 0 Å². The molecular formula is C27H22N6O6. The summed E-state index contributed by atoms with van der Waals surface area (Å²) in [6.07, 6.45) is 4.64. The third-order valence-corrected chi connectivity index (χ3v) is 6.14. The maximum absolute atomic E-state index is 12.7. The minimum Gasteiger partial charge on any atom is -0.497 e. The Morgan fingerprint density at radius 1 is 1.21 bits per heavy atom. The number of nitrogens with zero attached hydrogens (tertiary/aromatic N) is 5. The molecule has 1 aliphatic rings. The molecule has 0 amide bonds. The largest absolute Gasteiger partial charge is 0.497 e. The number of methoxy groups -OCH3 is 1. The van der Waals surface area contributed by atoms with Crippen molar-refractivity contribution < 1.29 is 23.9 Å². The molecule has 12 nitrogen and oxygen atoms in total. The predicted octanol–water partition coefficient (Wildman–Crippen LogP) is 4.15. The predicted molar refractivity (Wildman–Crippen MR) is 139 cm³/mol. The van der Waals surface area contributed by atoms with E-state index in [4.69, 9.17) is 14.2 Å². The molecule has 2 aromatic carbocycles. The summed E-state index contributed by atoms with van der Waals surface area (Å²) < 4.78 is 16.3. The second kappa shape index (κ2) is 11.1. The first-order valence-corrected chi connectivity index (χ1v) is 12.0. The number of ketones is 1. The first-order valence-electron chi connectivity index (χ1n) is 12.0. The molecule has 1 aliphatic heterocycles. The molecular weight excluding hydrogens is 504 g/mol. The Morgan fingerprint density at radius 2 is 1.97 bits per heavy atom.